The van der Waals surface area contributed by atoms with Crippen molar-refractivity contribution in [2.24, 2.45) is 0 Å². The number of carbonyl (C=O) groups excluding carboxylic acids is 2. The molecule has 0 aromatic heterocycles. The van der Waals surface area contributed by atoms with E-state index in [-0.39, 0.29) is 33.9 Å². The Bertz CT molecular complexity index is 1540. The second-order valence-corrected chi connectivity index (χ2v) is 10.0. The number of rotatable bonds is 9. The lowest BCUT2D eigenvalue weighted by Gasteiger charge is -2.27. The number of amides is 1. The van der Waals surface area contributed by atoms with Crippen LogP contribution in [0.2, 0.25) is 0 Å². The first-order chi connectivity index (χ1) is 18.3. The number of benzene rings is 4. The number of anilines is 2. The van der Waals surface area contributed by atoms with Crippen LogP contribution in [0.3, 0.4) is 0 Å². The van der Waals surface area contributed by atoms with E-state index in [4.69, 9.17) is 9.47 Å². The summed E-state index contributed by atoms with van der Waals surface area (Å²) in [4.78, 5) is 25.7. The maximum absolute atomic E-state index is 13.9. The van der Waals surface area contributed by atoms with Crippen molar-refractivity contribution in [2.75, 3.05) is 23.8 Å². The van der Waals surface area contributed by atoms with Gasteiger partial charge in [-0.3, -0.25) is 9.10 Å². The molecule has 0 saturated heterocycles. The van der Waals surface area contributed by atoms with Crippen LogP contribution in [-0.2, 0) is 21.3 Å². The summed E-state index contributed by atoms with van der Waals surface area (Å²) in [5.74, 6) is -0.676. The summed E-state index contributed by atoms with van der Waals surface area (Å²) in [6, 6.07) is 28.0. The minimum absolute atomic E-state index is 0.0156. The third-order valence-corrected chi connectivity index (χ3v) is 7.59. The van der Waals surface area contributed by atoms with E-state index in [1.54, 1.807) is 48.5 Å². The Morgan fingerprint density at radius 1 is 0.763 bits per heavy atom. The predicted octanol–water partition coefficient (Wildman–Crippen LogP) is 5.13. The molecule has 1 N–H and O–H groups in total. The summed E-state index contributed by atoms with van der Waals surface area (Å²) in [6.45, 7) is -0.0156. The summed E-state index contributed by atoms with van der Waals surface area (Å²) in [5.41, 5.74) is 1.44. The molecule has 38 heavy (non-hydrogen) atoms. The zero-order chi connectivity index (χ0) is 27.1. The van der Waals surface area contributed by atoms with Crippen molar-refractivity contribution in [1.82, 2.24) is 0 Å². The molecule has 0 aliphatic heterocycles. The number of nitrogens with one attached hydrogen (secondary N) is 1. The molecular formula is C29H26N2O6S. The highest BCUT2D eigenvalue weighted by atomic mass is 32.2. The van der Waals surface area contributed by atoms with Crippen LogP contribution in [0.5, 0.6) is 5.75 Å². The normalized spacial score (nSPS) is 10.9. The summed E-state index contributed by atoms with van der Waals surface area (Å²) in [6.07, 6.45) is 0. The maximum atomic E-state index is 13.9. The van der Waals surface area contributed by atoms with E-state index in [0.717, 1.165) is 5.56 Å². The molecule has 4 aromatic carbocycles. The fourth-order valence-electron chi connectivity index (χ4n) is 3.88. The molecule has 0 fully saturated rings. The summed E-state index contributed by atoms with van der Waals surface area (Å²) < 4.78 is 39.1. The molecule has 4 rings (SSSR count). The number of hydrogen-bond donors (Lipinski definition) is 1. The Kier molecular flexibility index (Phi) is 8.08. The van der Waals surface area contributed by atoms with Crippen molar-refractivity contribution in [3.63, 3.8) is 0 Å². The van der Waals surface area contributed by atoms with Gasteiger partial charge < -0.3 is 14.8 Å². The van der Waals surface area contributed by atoms with Crippen molar-refractivity contribution in [2.45, 2.75) is 11.4 Å². The number of hydrogen-bond acceptors (Lipinski definition) is 6. The Hall–Kier alpha value is -4.63. The topological polar surface area (TPSA) is 102 Å². The average Bonchev–Trinajstić information content (AvgIpc) is 2.96. The standard InChI is InChI=1S/C29H26N2O6S/c1-36-22-16-18-23(19-17-22)38(34,35)31(20-21-10-4-3-5-11-21)27-15-9-7-13-25(27)28(32)30-26-14-8-6-12-24(26)29(33)37-2/h3-19H,20H2,1-2H3,(H,30,32). The third kappa shape index (κ3) is 5.68. The molecule has 0 saturated carbocycles. The van der Waals surface area contributed by atoms with Gasteiger partial charge in [-0.15, -0.1) is 0 Å². The highest BCUT2D eigenvalue weighted by Gasteiger charge is 2.29. The van der Waals surface area contributed by atoms with Gasteiger partial charge in [0.05, 0.1) is 48.2 Å². The molecule has 1 amide bonds. The summed E-state index contributed by atoms with van der Waals surface area (Å²) >= 11 is 0. The molecule has 8 nitrogen and oxygen atoms in total. The van der Waals surface area contributed by atoms with Crippen LogP contribution in [0.25, 0.3) is 0 Å². The quantitative estimate of drug-likeness (QED) is 0.301. The Labute approximate surface area is 221 Å². The maximum Gasteiger partial charge on any atom is 0.339 e. The minimum atomic E-state index is -4.11. The molecule has 4 aromatic rings. The molecule has 0 aliphatic carbocycles. The average molecular weight is 531 g/mol. The van der Waals surface area contributed by atoms with Crippen molar-refractivity contribution >= 4 is 33.3 Å². The van der Waals surface area contributed by atoms with E-state index in [0.29, 0.717) is 5.75 Å². The van der Waals surface area contributed by atoms with Crippen LogP contribution < -0.4 is 14.4 Å². The molecule has 0 spiro atoms. The van der Waals surface area contributed by atoms with Crippen molar-refractivity contribution in [3.8, 4) is 5.75 Å². The Morgan fingerprint density at radius 2 is 1.37 bits per heavy atom. The molecular weight excluding hydrogens is 504 g/mol. The van der Waals surface area contributed by atoms with Crippen LogP contribution in [0, 0.1) is 0 Å². The van der Waals surface area contributed by atoms with Crippen LogP contribution in [0.15, 0.2) is 108 Å². The monoisotopic (exact) mass is 530 g/mol. The summed E-state index contributed by atoms with van der Waals surface area (Å²) in [7, 11) is -1.36. The van der Waals surface area contributed by atoms with Gasteiger partial charge in [0.1, 0.15) is 5.75 Å². The molecule has 0 aliphatic rings. The smallest absolute Gasteiger partial charge is 0.339 e. The van der Waals surface area contributed by atoms with Gasteiger partial charge >= 0.3 is 5.97 Å². The lowest BCUT2D eigenvalue weighted by atomic mass is 10.1. The van der Waals surface area contributed by atoms with Crippen molar-refractivity contribution < 1.29 is 27.5 Å². The predicted molar refractivity (Wildman–Crippen MR) is 145 cm³/mol. The van der Waals surface area contributed by atoms with Gasteiger partial charge in [0.25, 0.3) is 15.9 Å². The van der Waals surface area contributed by atoms with E-state index >= 15 is 0 Å². The molecule has 0 unspecified atom stereocenters. The fourth-order valence-corrected chi connectivity index (χ4v) is 5.35. The molecule has 0 radical (unpaired) electrons. The van der Waals surface area contributed by atoms with E-state index in [2.05, 4.69) is 5.32 Å². The van der Waals surface area contributed by atoms with Gasteiger partial charge in [-0.2, -0.15) is 0 Å². The largest absolute Gasteiger partial charge is 0.497 e. The van der Waals surface area contributed by atoms with Crippen molar-refractivity contribution in [3.05, 3.63) is 120 Å². The second kappa shape index (κ2) is 11.6. The minimum Gasteiger partial charge on any atom is -0.497 e. The number of esters is 1. The van der Waals surface area contributed by atoms with Crippen LogP contribution >= 0.6 is 0 Å². The third-order valence-electron chi connectivity index (χ3n) is 5.81. The van der Waals surface area contributed by atoms with Crippen LogP contribution in [-0.4, -0.2) is 34.5 Å². The van der Waals surface area contributed by atoms with Gasteiger partial charge in [0.15, 0.2) is 0 Å². The first-order valence-corrected chi connectivity index (χ1v) is 13.1. The molecule has 0 bridgehead atoms. The summed E-state index contributed by atoms with van der Waals surface area (Å²) in [5, 5.41) is 2.73. The van der Waals surface area contributed by atoms with Gasteiger partial charge in [-0.05, 0) is 54.1 Å². The Balaban J connectivity index is 1.79. The van der Waals surface area contributed by atoms with Crippen molar-refractivity contribution in [1.29, 1.82) is 0 Å². The first-order valence-electron chi connectivity index (χ1n) is 11.6. The number of methoxy groups -OCH3 is 2. The van der Waals surface area contributed by atoms with E-state index in [1.165, 1.54) is 42.8 Å². The number of nitrogens with zero attached hydrogens (tertiary/aromatic N) is 1. The first kappa shape index (κ1) is 26.4. The lowest BCUT2D eigenvalue weighted by Crippen LogP contribution is -2.32. The lowest BCUT2D eigenvalue weighted by molar-refractivity contribution is 0.0602. The van der Waals surface area contributed by atoms with Crippen LogP contribution in [0.1, 0.15) is 26.3 Å². The zero-order valence-electron chi connectivity index (χ0n) is 20.8. The highest BCUT2D eigenvalue weighted by Crippen LogP contribution is 2.31. The van der Waals surface area contributed by atoms with E-state index in [9.17, 15) is 18.0 Å². The van der Waals surface area contributed by atoms with Gasteiger partial charge in [-0.1, -0.05) is 54.6 Å². The molecule has 0 atom stereocenters. The number of carbonyl (C=O) groups is 2. The zero-order valence-corrected chi connectivity index (χ0v) is 21.6. The number of para-hydroxylation sites is 2. The number of sulfonamides is 1. The highest BCUT2D eigenvalue weighted by molar-refractivity contribution is 7.92. The molecule has 0 heterocycles. The Morgan fingerprint density at radius 3 is 2.03 bits per heavy atom. The van der Waals surface area contributed by atoms with E-state index < -0.39 is 21.9 Å². The van der Waals surface area contributed by atoms with Crippen LogP contribution in [0.4, 0.5) is 11.4 Å². The molecule has 9 heteroatoms. The van der Waals surface area contributed by atoms with Gasteiger partial charge in [0.2, 0.25) is 0 Å². The second-order valence-electron chi connectivity index (χ2n) is 8.18. The van der Waals surface area contributed by atoms with E-state index in [1.807, 2.05) is 30.3 Å². The number of ether oxygens (including phenoxy) is 2. The fraction of sp³-hybridized carbons (Fsp3) is 0.103. The van der Waals surface area contributed by atoms with Gasteiger partial charge in [0, 0.05) is 0 Å². The molecule has 194 valence electrons. The SMILES string of the molecule is COC(=O)c1ccccc1NC(=O)c1ccccc1N(Cc1ccccc1)S(=O)(=O)c1ccc(OC)cc1. The van der Waals surface area contributed by atoms with Gasteiger partial charge in [-0.25, -0.2) is 13.2 Å².